The third-order valence-electron chi connectivity index (χ3n) is 6.44. The summed E-state index contributed by atoms with van der Waals surface area (Å²) in [5, 5.41) is 5.86. The Hall–Kier alpha value is -3.42. The zero-order chi connectivity index (χ0) is 21.3. The topological polar surface area (TPSA) is 0 Å². The molecule has 0 aromatic heterocycles. The van der Waals surface area contributed by atoms with Crippen LogP contribution in [0.2, 0.25) is 0 Å². The maximum Gasteiger partial charge on any atom is 0.180 e. The lowest BCUT2D eigenvalue weighted by Gasteiger charge is -2.31. The van der Waals surface area contributed by atoms with Crippen molar-refractivity contribution in [3.8, 4) is 11.1 Å². The van der Waals surface area contributed by atoms with E-state index < -0.39 is 8.07 Å². The van der Waals surface area contributed by atoms with Gasteiger partial charge in [-0.3, -0.25) is 0 Å². The molecule has 1 aliphatic rings. The molecule has 5 rings (SSSR count). The Bertz CT molecular complexity index is 1150. The van der Waals surface area contributed by atoms with Gasteiger partial charge in [0, 0.05) is 0 Å². The Morgan fingerprint density at radius 3 is 1.35 bits per heavy atom. The van der Waals surface area contributed by atoms with Crippen molar-refractivity contribution in [1.82, 2.24) is 0 Å². The second-order valence-corrected chi connectivity index (χ2v) is 12.0. The molecule has 4 aromatic carbocycles. The molecule has 0 spiro atoms. The Labute approximate surface area is 186 Å². The van der Waals surface area contributed by atoms with Crippen LogP contribution in [0.1, 0.15) is 11.1 Å². The van der Waals surface area contributed by atoms with Gasteiger partial charge in [-0.2, -0.15) is 0 Å². The van der Waals surface area contributed by atoms with Gasteiger partial charge in [-0.05, 0) is 55.8 Å². The van der Waals surface area contributed by atoms with E-state index in [4.69, 9.17) is 0 Å². The van der Waals surface area contributed by atoms with Crippen molar-refractivity contribution in [2.24, 2.45) is 0 Å². The van der Waals surface area contributed by atoms with Crippen molar-refractivity contribution in [1.29, 1.82) is 0 Å². The van der Waals surface area contributed by atoms with Crippen LogP contribution < -0.4 is 20.7 Å². The Morgan fingerprint density at radius 1 is 0.548 bits per heavy atom. The lowest BCUT2D eigenvalue weighted by atomic mass is 9.99. The van der Waals surface area contributed by atoms with Crippen LogP contribution >= 0.6 is 0 Å². The quantitative estimate of drug-likeness (QED) is 0.283. The molecule has 1 heteroatoms. The van der Waals surface area contributed by atoms with E-state index >= 15 is 0 Å². The summed E-state index contributed by atoms with van der Waals surface area (Å²) in [7, 11) is -2.37. The molecule has 0 atom stereocenters. The van der Waals surface area contributed by atoms with Gasteiger partial charge in [0.1, 0.15) is 0 Å². The highest BCUT2D eigenvalue weighted by Crippen LogP contribution is 2.30. The third kappa shape index (κ3) is 3.05. The average Bonchev–Trinajstić information content (AvgIpc) is 3.11. The highest BCUT2D eigenvalue weighted by molar-refractivity contribution is 7.22. The lowest BCUT2D eigenvalue weighted by Crippen LogP contribution is -2.72. The second-order valence-electron chi connectivity index (χ2n) is 8.23. The van der Waals surface area contributed by atoms with Crippen LogP contribution in [-0.2, 0) is 12.8 Å². The van der Waals surface area contributed by atoms with Crippen molar-refractivity contribution >= 4 is 28.8 Å². The monoisotopic (exact) mass is 414 g/mol. The normalized spacial score (nSPS) is 13.3. The molecule has 0 nitrogen and oxygen atoms in total. The van der Waals surface area contributed by atoms with Gasteiger partial charge >= 0.3 is 0 Å². The van der Waals surface area contributed by atoms with Gasteiger partial charge in [0.2, 0.25) is 0 Å². The van der Waals surface area contributed by atoms with Gasteiger partial charge < -0.3 is 0 Å². The molecule has 0 N–H and O–H groups in total. The van der Waals surface area contributed by atoms with Gasteiger partial charge in [-0.25, -0.2) is 0 Å². The SMILES string of the molecule is C=CCc1ccc2c(c1)-c1cc(CC=C)ccc1[Si]2(c1ccccc1)c1ccccc1. The summed E-state index contributed by atoms with van der Waals surface area (Å²) in [6.45, 7) is 7.91. The molecule has 0 amide bonds. The Balaban J connectivity index is 1.90. The van der Waals surface area contributed by atoms with Gasteiger partial charge in [0.15, 0.2) is 8.07 Å². The molecule has 0 saturated heterocycles. The van der Waals surface area contributed by atoms with Crippen LogP contribution in [0.15, 0.2) is 122 Å². The minimum Gasteiger partial charge on any atom is -0.103 e. The Kier molecular flexibility index (Phi) is 5.05. The fourth-order valence-electron chi connectivity index (χ4n) is 5.18. The van der Waals surface area contributed by atoms with Crippen LogP contribution in [0.4, 0.5) is 0 Å². The lowest BCUT2D eigenvalue weighted by molar-refractivity contribution is 1.27. The summed E-state index contributed by atoms with van der Waals surface area (Å²) in [4.78, 5) is 0. The number of rotatable bonds is 6. The Morgan fingerprint density at radius 2 is 0.968 bits per heavy atom. The standard InChI is InChI=1S/C30H26Si/c1-3-11-23-17-19-29-27(21-23)28-22-24(12-4-2)18-20-30(28)31(29,25-13-7-5-8-14-25)26-15-9-6-10-16-26/h3-10,13-22H,1-2,11-12H2. The second kappa shape index (κ2) is 8.01. The number of hydrogen-bond acceptors (Lipinski definition) is 0. The van der Waals surface area contributed by atoms with Crippen LogP contribution in [0.25, 0.3) is 11.1 Å². The van der Waals surface area contributed by atoms with Crippen LogP contribution in [0.3, 0.4) is 0 Å². The maximum absolute atomic E-state index is 3.95. The summed E-state index contributed by atoms with van der Waals surface area (Å²) in [5.41, 5.74) is 5.42. The molecule has 0 unspecified atom stereocenters. The smallest absolute Gasteiger partial charge is 0.103 e. The van der Waals surface area contributed by atoms with Gasteiger partial charge in [0.05, 0.1) is 0 Å². The first-order valence-electron chi connectivity index (χ1n) is 10.9. The van der Waals surface area contributed by atoms with E-state index in [2.05, 4.69) is 110 Å². The predicted octanol–water partition coefficient (Wildman–Crippen LogP) is 4.50. The third-order valence-corrected chi connectivity index (χ3v) is 11.3. The molecule has 0 bridgehead atoms. The highest BCUT2D eigenvalue weighted by Gasteiger charge is 2.48. The molecule has 0 fully saturated rings. The van der Waals surface area contributed by atoms with Crippen molar-refractivity contribution in [2.45, 2.75) is 12.8 Å². The van der Waals surface area contributed by atoms with E-state index in [1.165, 1.54) is 43.0 Å². The zero-order valence-electron chi connectivity index (χ0n) is 17.7. The molecule has 0 aliphatic carbocycles. The summed E-state index contributed by atoms with van der Waals surface area (Å²) >= 11 is 0. The molecule has 0 saturated carbocycles. The number of fused-ring (bicyclic) bond motifs is 3. The van der Waals surface area contributed by atoms with E-state index in [9.17, 15) is 0 Å². The molecule has 4 aromatic rings. The van der Waals surface area contributed by atoms with Crippen LogP contribution in [0.5, 0.6) is 0 Å². The predicted molar refractivity (Wildman–Crippen MR) is 137 cm³/mol. The minimum atomic E-state index is -2.37. The van der Waals surface area contributed by atoms with Gasteiger partial charge in [-0.1, -0.05) is 109 Å². The van der Waals surface area contributed by atoms with Crippen molar-refractivity contribution < 1.29 is 0 Å². The molecule has 150 valence electrons. The first-order chi connectivity index (χ1) is 15.3. The molecule has 1 heterocycles. The van der Waals surface area contributed by atoms with Gasteiger partial charge in [0.25, 0.3) is 0 Å². The van der Waals surface area contributed by atoms with Crippen molar-refractivity contribution in [3.63, 3.8) is 0 Å². The molecule has 31 heavy (non-hydrogen) atoms. The van der Waals surface area contributed by atoms with E-state index in [0.717, 1.165) is 12.8 Å². The van der Waals surface area contributed by atoms with E-state index in [1.807, 2.05) is 12.2 Å². The number of hydrogen-bond donors (Lipinski definition) is 0. The van der Waals surface area contributed by atoms with Crippen LogP contribution in [-0.4, -0.2) is 8.07 Å². The van der Waals surface area contributed by atoms with Gasteiger partial charge in [-0.15, -0.1) is 13.2 Å². The number of benzene rings is 4. The van der Waals surface area contributed by atoms with E-state index in [1.54, 1.807) is 0 Å². The summed E-state index contributed by atoms with van der Waals surface area (Å²) in [5.74, 6) is 0. The summed E-state index contributed by atoms with van der Waals surface area (Å²) < 4.78 is 0. The minimum absolute atomic E-state index is 0.889. The van der Waals surface area contributed by atoms with Crippen LogP contribution in [0, 0.1) is 0 Å². The first-order valence-corrected chi connectivity index (χ1v) is 12.9. The summed E-state index contributed by atoms with van der Waals surface area (Å²) in [6.07, 6.45) is 5.76. The van der Waals surface area contributed by atoms with Crippen molar-refractivity contribution in [2.75, 3.05) is 0 Å². The number of allylic oxidation sites excluding steroid dienone is 2. The fraction of sp³-hybridized carbons (Fsp3) is 0.0667. The fourth-order valence-corrected chi connectivity index (χ4v) is 10.3. The highest BCUT2D eigenvalue weighted by atomic mass is 28.3. The van der Waals surface area contributed by atoms with E-state index in [0.29, 0.717) is 0 Å². The average molecular weight is 415 g/mol. The first kappa shape index (κ1) is 19.5. The maximum atomic E-state index is 3.95. The molecular weight excluding hydrogens is 388 g/mol. The van der Waals surface area contributed by atoms with Crippen molar-refractivity contribution in [3.05, 3.63) is 133 Å². The summed E-state index contributed by atoms with van der Waals surface area (Å²) in [6, 6.07) is 36.5. The van der Waals surface area contributed by atoms with E-state index in [-0.39, 0.29) is 0 Å². The molecule has 0 radical (unpaired) electrons. The molecular formula is C30H26Si. The largest absolute Gasteiger partial charge is 0.180 e. The zero-order valence-corrected chi connectivity index (χ0v) is 18.7. The molecule has 1 aliphatic heterocycles.